The number of hydrogen-bond acceptors (Lipinski definition) is 3. The SMILES string of the molecule is COc1ccc(C(=O)N(C)C)cc1NC(=O)C=Cc1c(Cl)cccc1Cl. The first-order valence-corrected chi connectivity index (χ1v) is 8.42. The first-order valence-electron chi connectivity index (χ1n) is 7.66. The molecule has 0 aliphatic heterocycles. The summed E-state index contributed by atoms with van der Waals surface area (Å²) in [5.74, 6) is -0.145. The average Bonchev–Trinajstić information content (AvgIpc) is 2.60. The minimum Gasteiger partial charge on any atom is -0.495 e. The van der Waals surface area contributed by atoms with Crippen LogP contribution in [0.1, 0.15) is 15.9 Å². The highest BCUT2D eigenvalue weighted by atomic mass is 35.5. The van der Waals surface area contributed by atoms with Crippen LogP contribution in [-0.4, -0.2) is 37.9 Å². The Bertz CT molecular complexity index is 844. The van der Waals surface area contributed by atoms with Crippen LogP contribution in [0.3, 0.4) is 0 Å². The van der Waals surface area contributed by atoms with Crippen molar-refractivity contribution in [3.63, 3.8) is 0 Å². The number of benzene rings is 2. The Labute approximate surface area is 162 Å². The summed E-state index contributed by atoms with van der Waals surface area (Å²) in [4.78, 5) is 25.8. The second-order valence-corrected chi connectivity index (χ2v) is 6.39. The summed E-state index contributed by atoms with van der Waals surface area (Å²) in [6.45, 7) is 0. The molecule has 0 saturated carbocycles. The summed E-state index contributed by atoms with van der Waals surface area (Å²) in [5.41, 5.74) is 1.37. The van der Waals surface area contributed by atoms with Gasteiger partial charge >= 0.3 is 0 Å². The molecule has 7 heteroatoms. The van der Waals surface area contributed by atoms with E-state index in [2.05, 4.69) is 5.32 Å². The molecule has 0 saturated heterocycles. The Morgan fingerprint density at radius 1 is 1.12 bits per heavy atom. The van der Waals surface area contributed by atoms with Gasteiger partial charge in [0.15, 0.2) is 0 Å². The number of ether oxygens (including phenoxy) is 1. The van der Waals surface area contributed by atoms with Gasteiger partial charge in [0.2, 0.25) is 5.91 Å². The van der Waals surface area contributed by atoms with Crippen LogP contribution in [0.25, 0.3) is 6.08 Å². The molecule has 0 radical (unpaired) electrons. The fourth-order valence-corrected chi connectivity index (χ4v) is 2.72. The van der Waals surface area contributed by atoms with Gasteiger partial charge in [0.1, 0.15) is 5.75 Å². The molecule has 0 spiro atoms. The third-order valence-electron chi connectivity index (χ3n) is 3.51. The number of carbonyl (C=O) groups is 2. The molecule has 0 heterocycles. The lowest BCUT2D eigenvalue weighted by Gasteiger charge is -2.14. The van der Waals surface area contributed by atoms with Gasteiger partial charge in [-0.1, -0.05) is 29.3 Å². The summed E-state index contributed by atoms with van der Waals surface area (Å²) >= 11 is 12.2. The zero-order valence-corrected chi connectivity index (χ0v) is 16.1. The molecule has 0 aliphatic rings. The number of nitrogens with one attached hydrogen (secondary N) is 1. The van der Waals surface area contributed by atoms with E-state index in [0.717, 1.165) is 0 Å². The molecule has 136 valence electrons. The molecule has 2 rings (SSSR count). The van der Waals surface area contributed by atoms with Crippen molar-refractivity contribution in [2.24, 2.45) is 0 Å². The molecule has 0 bridgehead atoms. The molecule has 2 amide bonds. The number of rotatable bonds is 5. The van der Waals surface area contributed by atoms with Crippen molar-refractivity contribution in [3.05, 3.63) is 63.6 Å². The Morgan fingerprint density at radius 2 is 1.77 bits per heavy atom. The maximum Gasteiger partial charge on any atom is 0.253 e. The third kappa shape index (κ3) is 4.77. The second kappa shape index (κ2) is 8.74. The van der Waals surface area contributed by atoms with Crippen LogP contribution in [0.2, 0.25) is 10.0 Å². The summed E-state index contributed by atoms with van der Waals surface area (Å²) < 4.78 is 5.24. The lowest BCUT2D eigenvalue weighted by Crippen LogP contribution is -2.22. The van der Waals surface area contributed by atoms with E-state index in [1.54, 1.807) is 50.5 Å². The number of hydrogen-bond donors (Lipinski definition) is 1. The Hall–Kier alpha value is -2.50. The largest absolute Gasteiger partial charge is 0.495 e. The van der Waals surface area contributed by atoms with E-state index in [4.69, 9.17) is 27.9 Å². The summed E-state index contributed by atoms with van der Waals surface area (Å²) in [5, 5.41) is 3.58. The molecule has 26 heavy (non-hydrogen) atoms. The van der Waals surface area contributed by atoms with Crippen LogP contribution < -0.4 is 10.1 Å². The third-order valence-corrected chi connectivity index (χ3v) is 4.17. The zero-order chi connectivity index (χ0) is 19.3. The van der Waals surface area contributed by atoms with E-state index < -0.39 is 5.91 Å². The van der Waals surface area contributed by atoms with Crippen LogP contribution in [0.15, 0.2) is 42.5 Å². The number of halogens is 2. The van der Waals surface area contributed by atoms with Crippen molar-refractivity contribution in [3.8, 4) is 5.75 Å². The Balaban J connectivity index is 2.24. The minimum absolute atomic E-state index is 0.179. The highest BCUT2D eigenvalue weighted by Gasteiger charge is 2.13. The number of carbonyl (C=O) groups excluding carboxylic acids is 2. The van der Waals surface area contributed by atoms with Gasteiger partial charge in [0, 0.05) is 41.3 Å². The lowest BCUT2D eigenvalue weighted by molar-refractivity contribution is -0.111. The van der Waals surface area contributed by atoms with Crippen LogP contribution >= 0.6 is 23.2 Å². The molecule has 2 aromatic carbocycles. The van der Waals surface area contributed by atoms with E-state index >= 15 is 0 Å². The summed E-state index contributed by atoms with van der Waals surface area (Å²) in [7, 11) is 4.79. The molecule has 2 aromatic rings. The molecule has 1 N–H and O–H groups in total. The highest BCUT2D eigenvalue weighted by Crippen LogP contribution is 2.27. The smallest absolute Gasteiger partial charge is 0.253 e. The molecular formula is C19H18Cl2N2O3. The number of anilines is 1. The van der Waals surface area contributed by atoms with Crippen molar-refractivity contribution >= 4 is 46.8 Å². The van der Waals surface area contributed by atoms with Crippen LogP contribution in [0.5, 0.6) is 5.75 Å². The molecule has 0 unspecified atom stereocenters. The zero-order valence-electron chi connectivity index (χ0n) is 14.5. The Kier molecular flexibility index (Phi) is 6.66. The first kappa shape index (κ1) is 19.8. The maximum atomic E-state index is 12.3. The first-order chi connectivity index (χ1) is 12.3. The van der Waals surface area contributed by atoms with Crippen LogP contribution in [0, 0.1) is 0 Å². The van der Waals surface area contributed by atoms with Crippen LogP contribution in [-0.2, 0) is 4.79 Å². The van der Waals surface area contributed by atoms with E-state index in [9.17, 15) is 9.59 Å². The monoisotopic (exact) mass is 392 g/mol. The maximum absolute atomic E-state index is 12.3. The van der Waals surface area contributed by atoms with Gasteiger partial charge in [0.05, 0.1) is 12.8 Å². The van der Waals surface area contributed by atoms with Gasteiger partial charge in [-0.2, -0.15) is 0 Å². The van der Waals surface area contributed by atoms with Gasteiger partial charge < -0.3 is 15.0 Å². The van der Waals surface area contributed by atoms with Crippen molar-refractivity contribution < 1.29 is 14.3 Å². The van der Waals surface area contributed by atoms with Crippen molar-refractivity contribution in [1.82, 2.24) is 4.90 Å². The van der Waals surface area contributed by atoms with E-state index in [1.165, 1.54) is 24.2 Å². The number of methoxy groups -OCH3 is 1. The number of nitrogens with zero attached hydrogens (tertiary/aromatic N) is 1. The van der Waals surface area contributed by atoms with Crippen LogP contribution in [0.4, 0.5) is 5.69 Å². The fourth-order valence-electron chi connectivity index (χ4n) is 2.20. The van der Waals surface area contributed by atoms with Crippen molar-refractivity contribution in [1.29, 1.82) is 0 Å². The normalized spacial score (nSPS) is 10.7. The summed E-state index contributed by atoms with van der Waals surface area (Å²) in [6, 6.07) is 9.92. The van der Waals surface area contributed by atoms with Gasteiger partial charge in [-0.3, -0.25) is 9.59 Å². The minimum atomic E-state index is -0.409. The predicted molar refractivity (Wildman–Crippen MR) is 105 cm³/mol. The molecular weight excluding hydrogens is 375 g/mol. The quantitative estimate of drug-likeness (QED) is 0.769. The summed E-state index contributed by atoms with van der Waals surface area (Å²) in [6.07, 6.45) is 2.84. The van der Waals surface area contributed by atoms with Gasteiger partial charge in [0.25, 0.3) is 5.91 Å². The van der Waals surface area contributed by atoms with Gasteiger partial charge in [-0.25, -0.2) is 0 Å². The van der Waals surface area contributed by atoms with Gasteiger partial charge in [-0.15, -0.1) is 0 Å². The van der Waals surface area contributed by atoms with Crippen molar-refractivity contribution in [2.75, 3.05) is 26.5 Å². The molecule has 0 aliphatic carbocycles. The average molecular weight is 393 g/mol. The lowest BCUT2D eigenvalue weighted by atomic mass is 10.1. The van der Waals surface area contributed by atoms with Crippen molar-refractivity contribution in [2.45, 2.75) is 0 Å². The van der Waals surface area contributed by atoms with E-state index in [1.807, 2.05) is 0 Å². The van der Waals surface area contributed by atoms with Gasteiger partial charge in [-0.05, 0) is 36.4 Å². The standard InChI is InChI=1S/C19H18Cl2N2O3/c1-23(2)19(25)12-7-9-17(26-3)16(11-12)22-18(24)10-8-13-14(20)5-4-6-15(13)21/h4-11H,1-3H3,(H,22,24). The van der Waals surface area contributed by atoms with E-state index in [0.29, 0.717) is 32.6 Å². The molecule has 0 atom stereocenters. The van der Waals surface area contributed by atoms with E-state index in [-0.39, 0.29) is 5.91 Å². The molecule has 5 nitrogen and oxygen atoms in total. The second-order valence-electron chi connectivity index (χ2n) is 5.57. The predicted octanol–water partition coefficient (Wildman–Crippen LogP) is 4.36. The topological polar surface area (TPSA) is 58.6 Å². The Morgan fingerprint density at radius 3 is 2.35 bits per heavy atom. The number of amides is 2. The molecule has 0 fully saturated rings. The fraction of sp³-hybridized carbons (Fsp3) is 0.158. The highest BCUT2D eigenvalue weighted by molar-refractivity contribution is 6.37. The molecule has 0 aromatic heterocycles.